The van der Waals surface area contributed by atoms with E-state index in [1.54, 1.807) is 13.0 Å². The second-order valence-electron chi connectivity index (χ2n) is 2.87. The van der Waals surface area contributed by atoms with Crippen molar-refractivity contribution in [1.29, 1.82) is 5.26 Å². The summed E-state index contributed by atoms with van der Waals surface area (Å²) in [7, 11) is 0. The number of nitriles is 1. The van der Waals surface area contributed by atoms with Gasteiger partial charge in [0.15, 0.2) is 5.65 Å². The van der Waals surface area contributed by atoms with Crippen molar-refractivity contribution < 1.29 is 0 Å². The number of aromatic nitrogens is 3. The Morgan fingerprint density at radius 1 is 1.57 bits per heavy atom. The van der Waals surface area contributed by atoms with Crippen LogP contribution in [0.1, 0.15) is 11.3 Å². The number of nitrogens with zero attached hydrogens (tertiary/aromatic N) is 3. The van der Waals surface area contributed by atoms with Gasteiger partial charge >= 0.3 is 0 Å². The highest BCUT2D eigenvalue weighted by Crippen LogP contribution is 2.10. The second-order valence-corrected chi connectivity index (χ2v) is 2.87. The molecule has 0 radical (unpaired) electrons. The summed E-state index contributed by atoms with van der Waals surface area (Å²) in [6.07, 6.45) is 1.28. The Morgan fingerprint density at radius 2 is 2.36 bits per heavy atom. The molecular formula is C9H6N4O. The van der Waals surface area contributed by atoms with Gasteiger partial charge in [0.25, 0.3) is 5.56 Å². The fourth-order valence-electron chi connectivity index (χ4n) is 1.31. The van der Waals surface area contributed by atoms with E-state index >= 15 is 0 Å². The van der Waals surface area contributed by atoms with Crippen LogP contribution in [0.3, 0.4) is 0 Å². The molecule has 68 valence electrons. The molecule has 0 aliphatic rings. The lowest BCUT2D eigenvalue weighted by Gasteiger charge is -1.98. The number of nitrogens with one attached hydrogen (secondary N) is 1. The predicted molar refractivity (Wildman–Crippen MR) is 49.6 cm³/mol. The maximum Gasteiger partial charge on any atom is 0.260 e. The Kier molecular flexibility index (Phi) is 1.75. The molecule has 0 fully saturated rings. The van der Waals surface area contributed by atoms with E-state index in [1.165, 1.54) is 6.33 Å². The molecule has 2 heterocycles. The third kappa shape index (κ3) is 1.13. The van der Waals surface area contributed by atoms with Gasteiger partial charge in [0.2, 0.25) is 0 Å². The average Bonchev–Trinajstić information content (AvgIpc) is 2.17. The third-order valence-electron chi connectivity index (χ3n) is 1.92. The van der Waals surface area contributed by atoms with Crippen LogP contribution in [0.15, 0.2) is 17.2 Å². The minimum absolute atomic E-state index is 0.232. The molecule has 0 saturated heterocycles. The highest BCUT2D eigenvalue weighted by atomic mass is 16.1. The van der Waals surface area contributed by atoms with Gasteiger partial charge in [-0.25, -0.2) is 9.97 Å². The van der Waals surface area contributed by atoms with E-state index in [9.17, 15) is 4.79 Å². The number of hydrogen-bond donors (Lipinski definition) is 1. The van der Waals surface area contributed by atoms with Crippen LogP contribution in [-0.2, 0) is 0 Å². The van der Waals surface area contributed by atoms with E-state index in [-0.39, 0.29) is 11.3 Å². The van der Waals surface area contributed by atoms with Crippen LogP contribution in [0.5, 0.6) is 0 Å². The van der Waals surface area contributed by atoms with Crippen molar-refractivity contribution in [3.63, 3.8) is 0 Å². The lowest BCUT2D eigenvalue weighted by atomic mass is 10.2. The normalized spacial score (nSPS) is 10.0. The van der Waals surface area contributed by atoms with Crippen molar-refractivity contribution in [3.05, 3.63) is 34.0 Å². The lowest BCUT2D eigenvalue weighted by molar-refractivity contribution is 1.12. The van der Waals surface area contributed by atoms with Gasteiger partial charge in [-0.05, 0) is 18.6 Å². The van der Waals surface area contributed by atoms with Crippen LogP contribution >= 0.6 is 0 Å². The van der Waals surface area contributed by atoms with E-state index in [2.05, 4.69) is 15.0 Å². The Balaban J connectivity index is 2.99. The van der Waals surface area contributed by atoms with Crippen LogP contribution in [0.25, 0.3) is 11.0 Å². The summed E-state index contributed by atoms with van der Waals surface area (Å²) >= 11 is 0. The molecule has 14 heavy (non-hydrogen) atoms. The molecule has 5 heteroatoms. The zero-order chi connectivity index (χ0) is 10.1. The molecule has 2 aromatic heterocycles. The van der Waals surface area contributed by atoms with Gasteiger partial charge in [0.1, 0.15) is 11.8 Å². The number of rotatable bonds is 0. The minimum Gasteiger partial charge on any atom is -0.312 e. The first-order chi connectivity index (χ1) is 6.72. The first-order valence-corrected chi connectivity index (χ1v) is 3.97. The standard InChI is InChI=1S/C9H6N4O/c1-5-2-6(3-10)13-8-7(5)9(14)12-4-11-8/h2,4H,1H3,(H,11,12,13,14). The first kappa shape index (κ1) is 8.38. The second kappa shape index (κ2) is 2.92. The van der Waals surface area contributed by atoms with E-state index in [4.69, 9.17) is 5.26 Å². The summed E-state index contributed by atoms with van der Waals surface area (Å²) in [6, 6.07) is 3.48. The molecule has 0 spiro atoms. The SMILES string of the molecule is Cc1cc(C#N)nc2nc[nH]c(=O)c12. The topological polar surface area (TPSA) is 82.4 Å². The number of pyridine rings is 1. The van der Waals surface area contributed by atoms with E-state index in [1.807, 2.05) is 6.07 Å². The van der Waals surface area contributed by atoms with Gasteiger partial charge in [-0.3, -0.25) is 4.79 Å². The Morgan fingerprint density at radius 3 is 3.07 bits per heavy atom. The van der Waals surface area contributed by atoms with Crippen molar-refractivity contribution in [2.75, 3.05) is 0 Å². The fraction of sp³-hybridized carbons (Fsp3) is 0.111. The smallest absolute Gasteiger partial charge is 0.260 e. The molecule has 0 unspecified atom stereocenters. The van der Waals surface area contributed by atoms with Crippen molar-refractivity contribution in [1.82, 2.24) is 15.0 Å². The van der Waals surface area contributed by atoms with Gasteiger partial charge in [0.05, 0.1) is 11.7 Å². The quantitative estimate of drug-likeness (QED) is 0.649. The molecule has 0 amide bonds. The minimum atomic E-state index is -0.232. The molecule has 0 bridgehead atoms. The number of aromatic amines is 1. The van der Waals surface area contributed by atoms with Gasteiger partial charge in [-0.2, -0.15) is 5.26 Å². The van der Waals surface area contributed by atoms with E-state index < -0.39 is 0 Å². The molecule has 0 aliphatic heterocycles. The molecule has 0 atom stereocenters. The van der Waals surface area contributed by atoms with Gasteiger partial charge < -0.3 is 4.98 Å². The Bertz CT molecular complexity index is 594. The molecule has 0 aliphatic carbocycles. The number of fused-ring (bicyclic) bond motifs is 1. The number of aryl methyl sites for hydroxylation is 1. The zero-order valence-corrected chi connectivity index (χ0v) is 7.40. The van der Waals surface area contributed by atoms with Crippen LogP contribution < -0.4 is 5.56 Å². The number of H-pyrrole nitrogens is 1. The lowest BCUT2D eigenvalue weighted by Crippen LogP contribution is -2.09. The van der Waals surface area contributed by atoms with Crippen LogP contribution in [0.2, 0.25) is 0 Å². The first-order valence-electron chi connectivity index (χ1n) is 3.97. The summed E-state index contributed by atoms with van der Waals surface area (Å²) in [4.78, 5) is 21.7. The molecule has 2 aromatic rings. The maximum absolute atomic E-state index is 11.4. The highest BCUT2D eigenvalue weighted by molar-refractivity contribution is 5.77. The summed E-state index contributed by atoms with van der Waals surface area (Å²) in [5, 5.41) is 9.10. The van der Waals surface area contributed by atoms with Crippen molar-refractivity contribution in [2.45, 2.75) is 6.92 Å². The molecule has 0 saturated carbocycles. The largest absolute Gasteiger partial charge is 0.312 e. The molecular weight excluding hydrogens is 180 g/mol. The molecule has 0 aromatic carbocycles. The van der Waals surface area contributed by atoms with Gasteiger partial charge in [-0.1, -0.05) is 0 Å². The Hall–Kier alpha value is -2.22. The van der Waals surface area contributed by atoms with E-state index in [0.29, 0.717) is 16.6 Å². The maximum atomic E-state index is 11.4. The predicted octanol–water partition coefficient (Wildman–Crippen LogP) is 0.498. The Labute approximate surface area is 79.1 Å². The summed E-state index contributed by atoms with van der Waals surface area (Å²) in [5.41, 5.74) is 1.06. The monoisotopic (exact) mass is 186 g/mol. The van der Waals surface area contributed by atoms with Crippen molar-refractivity contribution in [3.8, 4) is 6.07 Å². The molecule has 5 nitrogen and oxygen atoms in total. The molecule has 2 rings (SSSR count). The summed E-state index contributed by atoms with van der Waals surface area (Å²) in [6.45, 7) is 1.75. The van der Waals surface area contributed by atoms with Crippen molar-refractivity contribution in [2.24, 2.45) is 0 Å². The van der Waals surface area contributed by atoms with Gasteiger partial charge in [0, 0.05) is 0 Å². The van der Waals surface area contributed by atoms with Crippen LogP contribution in [-0.4, -0.2) is 15.0 Å². The average molecular weight is 186 g/mol. The number of hydrogen-bond acceptors (Lipinski definition) is 4. The van der Waals surface area contributed by atoms with Crippen molar-refractivity contribution >= 4 is 11.0 Å². The highest BCUT2D eigenvalue weighted by Gasteiger charge is 2.06. The third-order valence-corrected chi connectivity index (χ3v) is 1.92. The van der Waals surface area contributed by atoms with E-state index in [0.717, 1.165) is 0 Å². The summed E-state index contributed by atoms with van der Waals surface area (Å²) < 4.78 is 0. The zero-order valence-electron chi connectivity index (χ0n) is 7.40. The fourth-order valence-corrected chi connectivity index (χ4v) is 1.31. The van der Waals surface area contributed by atoms with Crippen LogP contribution in [0, 0.1) is 18.3 Å². The van der Waals surface area contributed by atoms with Gasteiger partial charge in [-0.15, -0.1) is 0 Å². The molecule has 1 N–H and O–H groups in total. The summed E-state index contributed by atoms with van der Waals surface area (Å²) in [5.74, 6) is 0. The van der Waals surface area contributed by atoms with Crippen LogP contribution in [0.4, 0.5) is 0 Å².